The monoisotopic (exact) mass is 260 g/mol. The van der Waals surface area contributed by atoms with Gasteiger partial charge in [-0.25, -0.2) is 8.78 Å². The summed E-state index contributed by atoms with van der Waals surface area (Å²) < 4.78 is 31.3. The van der Waals surface area contributed by atoms with Crippen molar-refractivity contribution in [2.45, 2.75) is 13.8 Å². The van der Waals surface area contributed by atoms with Gasteiger partial charge in [0.2, 0.25) is 0 Å². The average Bonchev–Trinajstić information content (AvgIpc) is 2.33. The molecule has 1 aromatic carbocycles. The normalized spacial score (nSPS) is 10.1. The van der Waals surface area contributed by atoms with Crippen molar-refractivity contribution >= 4 is 0 Å². The Bertz CT molecular complexity index is 678. The number of benzene rings is 1. The topological polar surface area (TPSA) is 45.9 Å². The molecule has 0 aliphatic heterocycles. The van der Waals surface area contributed by atoms with Crippen molar-refractivity contribution in [1.82, 2.24) is 4.98 Å². The van der Waals surface area contributed by atoms with Crippen LogP contribution in [0, 0.1) is 36.8 Å². The summed E-state index contributed by atoms with van der Waals surface area (Å²) in [5, 5.41) is 9.06. The molecule has 5 heteroatoms. The second-order valence-electron chi connectivity index (χ2n) is 4.01. The largest absolute Gasteiger partial charge is 0.456 e. The molecule has 0 aliphatic carbocycles. The van der Waals surface area contributed by atoms with E-state index in [0.717, 1.165) is 12.1 Å². The van der Waals surface area contributed by atoms with Crippen LogP contribution in [0.2, 0.25) is 0 Å². The van der Waals surface area contributed by atoms with Crippen LogP contribution in [0.5, 0.6) is 11.5 Å². The molecule has 2 aromatic rings. The van der Waals surface area contributed by atoms with E-state index in [9.17, 15) is 8.78 Å². The third-order valence-electron chi connectivity index (χ3n) is 2.52. The van der Waals surface area contributed by atoms with E-state index >= 15 is 0 Å². The molecule has 0 N–H and O–H groups in total. The second-order valence-corrected chi connectivity index (χ2v) is 4.01. The van der Waals surface area contributed by atoms with Crippen molar-refractivity contribution in [3.05, 3.63) is 52.9 Å². The zero-order valence-electron chi connectivity index (χ0n) is 10.4. The molecule has 19 heavy (non-hydrogen) atoms. The number of pyridine rings is 1. The Balaban J connectivity index is 2.43. The molecule has 0 aliphatic rings. The van der Waals surface area contributed by atoms with Gasteiger partial charge in [-0.1, -0.05) is 0 Å². The first-order chi connectivity index (χ1) is 9.01. The number of nitrogens with zero attached hydrogens (tertiary/aromatic N) is 2. The van der Waals surface area contributed by atoms with Crippen molar-refractivity contribution in [1.29, 1.82) is 5.26 Å². The van der Waals surface area contributed by atoms with Crippen molar-refractivity contribution in [2.75, 3.05) is 0 Å². The summed E-state index contributed by atoms with van der Waals surface area (Å²) >= 11 is 0. The zero-order chi connectivity index (χ0) is 14.0. The molecule has 0 fully saturated rings. The maximum atomic E-state index is 13.1. The molecule has 0 atom stereocenters. The van der Waals surface area contributed by atoms with Crippen LogP contribution in [-0.2, 0) is 0 Å². The van der Waals surface area contributed by atoms with Gasteiger partial charge < -0.3 is 4.74 Å². The van der Waals surface area contributed by atoms with Crippen LogP contribution in [0.15, 0.2) is 24.3 Å². The number of nitriles is 1. The number of halogens is 2. The average molecular weight is 260 g/mol. The molecule has 0 unspecified atom stereocenters. The summed E-state index contributed by atoms with van der Waals surface area (Å²) in [6.45, 7) is 3.44. The van der Waals surface area contributed by atoms with E-state index in [1.807, 2.05) is 6.07 Å². The quantitative estimate of drug-likeness (QED) is 0.828. The number of hydrogen-bond donors (Lipinski definition) is 0. The minimum atomic E-state index is -1.00. The highest BCUT2D eigenvalue weighted by molar-refractivity contribution is 5.48. The Hall–Kier alpha value is -2.48. The van der Waals surface area contributed by atoms with Gasteiger partial charge in [0.1, 0.15) is 23.1 Å². The third-order valence-corrected chi connectivity index (χ3v) is 2.52. The molecule has 0 radical (unpaired) electrons. The molecular formula is C14H10F2N2O. The highest BCUT2D eigenvalue weighted by Crippen LogP contribution is 2.28. The number of aromatic nitrogens is 1. The van der Waals surface area contributed by atoms with E-state index in [1.165, 1.54) is 6.07 Å². The molecular weight excluding hydrogens is 250 g/mol. The first kappa shape index (κ1) is 13.0. The Morgan fingerprint density at radius 1 is 1.16 bits per heavy atom. The lowest BCUT2D eigenvalue weighted by molar-refractivity contribution is 0.459. The van der Waals surface area contributed by atoms with E-state index in [1.54, 1.807) is 19.9 Å². The highest BCUT2D eigenvalue weighted by Gasteiger charge is 2.11. The Kier molecular flexibility index (Phi) is 3.43. The van der Waals surface area contributed by atoms with Crippen LogP contribution in [-0.4, -0.2) is 4.98 Å². The van der Waals surface area contributed by atoms with Gasteiger partial charge in [0.25, 0.3) is 0 Å². The Morgan fingerprint density at radius 2 is 1.89 bits per heavy atom. The molecule has 0 amide bonds. The molecule has 1 aromatic heterocycles. The predicted molar refractivity (Wildman–Crippen MR) is 64.9 cm³/mol. The number of rotatable bonds is 2. The summed E-state index contributed by atoms with van der Waals surface area (Å²) in [5.74, 6) is -1.55. The summed E-state index contributed by atoms with van der Waals surface area (Å²) in [6.07, 6.45) is 0. The van der Waals surface area contributed by atoms with Gasteiger partial charge in [-0.05, 0) is 26.0 Å². The molecule has 1 heterocycles. The third kappa shape index (κ3) is 2.68. The maximum Gasteiger partial charge on any atom is 0.162 e. The van der Waals surface area contributed by atoms with Crippen LogP contribution < -0.4 is 4.74 Å². The van der Waals surface area contributed by atoms with Crippen LogP contribution in [0.3, 0.4) is 0 Å². The standard InChI is InChI=1S/C14H10F2N2O/c1-8-5-14(11(7-17)9(2)18-8)19-10-3-4-12(15)13(16)6-10/h3-6H,1-2H3. The van der Waals surface area contributed by atoms with Gasteiger partial charge in [0.15, 0.2) is 11.6 Å². The SMILES string of the molecule is Cc1cc(Oc2ccc(F)c(F)c2)c(C#N)c(C)n1. The summed E-state index contributed by atoms with van der Waals surface area (Å²) in [4.78, 5) is 4.14. The molecule has 0 spiro atoms. The molecule has 0 saturated heterocycles. The van der Waals surface area contributed by atoms with Gasteiger partial charge in [0.05, 0.1) is 5.69 Å². The fourth-order valence-corrected chi connectivity index (χ4v) is 1.68. The van der Waals surface area contributed by atoms with E-state index in [2.05, 4.69) is 4.98 Å². The number of ether oxygens (including phenoxy) is 1. The lowest BCUT2D eigenvalue weighted by Crippen LogP contribution is -1.97. The molecule has 3 nitrogen and oxygen atoms in total. The molecule has 0 bridgehead atoms. The molecule has 0 saturated carbocycles. The fraction of sp³-hybridized carbons (Fsp3) is 0.143. The fourth-order valence-electron chi connectivity index (χ4n) is 1.68. The van der Waals surface area contributed by atoms with Crippen LogP contribution >= 0.6 is 0 Å². The van der Waals surface area contributed by atoms with Crippen molar-refractivity contribution in [2.24, 2.45) is 0 Å². The van der Waals surface area contributed by atoms with E-state index < -0.39 is 11.6 Å². The van der Waals surface area contributed by atoms with E-state index in [-0.39, 0.29) is 17.1 Å². The van der Waals surface area contributed by atoms with Crippen LogP contribution in [0.4, 0.5) is 8.78 Å². The van der Waals surface area contributed by atoms with Crippen molar-refractivity contribution in [3.8, 4) is 17.6 Å². The maximum absolute atomic E-state index is 13.1. The van der Waals surface area contributed by atoms with E-state index in [4.69, 9.17) is 10.00 Å². The first-order valence-electron chi connectivity index (χ1n) is 5.52. The van der Waals surface area contributed by atoms with Crippen molar-refractivity contribution < 1.29 is 13.5 Å². The molecule has 96 valence electrons. The predicted octanol–water partition coefficient (Wildman–Crippen LogP) is 3.64. The Labute approximate surface area is 109 Å². The van der Waals surface area contributed by atoms with Crippen LogP contribution in [0.1, 0.15) is 17.0 Å². The minimum absolute atomic E-state index is 0.125. The first-order valence-corrected chi connectivity index (χ1v) is 5.52. The van der Waals surface area contributed by atoms with Gasteiger partial charge in [-0.15, -0.1) is 0 Å². The van der Waals surface area contributed by atoms with E-state index in [0.29, 0.717) is 11.4 Å². The summed E-state index contributed by atoms with van der Waals surface area (Å²) in [6, 6.07) is 6.76. The van der Waals surface area contributed by atoms with Crippen molar-refractivity contribution in [3.63, 3.8) is 0 Å². The number of aryl methyl sites for hydroxylation is 2. The number of hydrogen-bond acceptors (Lipinski definition) is 3. The summed E-state index contributed by atoms with van der Waals surface area (Å²) in [5.41, 5.74) is 1.48. The minimum Gasteiger partial charge on any atom is -0.456 e. The summed E-state index contributed by atoms with van der Waals surface area (Å²) in [7, 11) is 0. The lowest BCUT2D eigenvalue weighted by Gasteiger charge is -2.10. The smallest absolute Gasteiger partial charge is 0.162 e. The highest BCUT2D eigenvalue weighted by atomic mass is 19.2. The zero-order valence-corrected chi connectivity index (χ0v) is 10.4. The van der Waals surface area contributed by atoms with Gasteiger partial charge in [-0.2, -0.15) is 5.26 Å². The van der Waals surface area contributed by atoms with Crippen LogP contribution in [0.25, 0.3) is 0 Å². The Morgan fingerprint density at radius 3 is 2.53 bits per heavy atom. The van der Waals surface area contributed by atoms with Gasteiger partial charge >= 0.3 is 0 Å². The molecule has 2 rings (SSSR count). The van der Waals surface area contributed by atoms with Gasteiger partial charge in [0, 0.05) is 17.8 Å². The lowest BCUT2D eigenvalue weighted by atomic mass is 10.2. The second kappa shape index (κ2) is 5.02. The van der Waals surface area contributed by atoms with Gasteiger partial charge in [-0.3, -0.25) is 4.98 Å².